The molecule has 0 aromatic heterocycles. The molecule has 10 heavy (non-hydrogen) atoms. The van der Waals surface area contributed by atoms with Gasteiger partial charge in [0.05, 0.1) is 0 Å². The van der Waals surface area contributed by atoms with Gasteiger partial charge in [-0.1, -0.05) is 13.8 Å². The van der Waals surface area contributed by atoms with E-state index in [1.54, 1.807) is 0 Å². The molecule has 0 amide bonds. The molecule has 0 unspecified atom stereocenters. The predicted octanol–water partition coefficient (Wildman–Crippen LogP) is -2.06. The van der Waals surface area contributed by atoms with Crippen LogP contribution in [0.1, 0.15) is 13.8 Å². The van der Waals surface area contributed by atoms with Gasteiger partial charge in [-0.3, -0.25) is 0 Å². The van der Waals surface area contributed by atoms with E-state index < -0.39 is 0 Å². The molecule has 0 aliphatic carbocycles. The van der Waals surface area contributed by atoms with Gasteiger partial charge >= 0.3 is 0 Å². The summed E-state index contributed by atoms with van der Waals surface area (Å²) in [5.41, 5.74) is 0. The summed E-state index contributed by atoms with van der Waals surface area (Å²) in [6, 6.07) is 0. The second-order valence-corrected chi connectivity index (χ2v) is 3.24. The van der Waals surface area contributed by atoms with Crippen LogP contribution in [-0.2, 0) is 0 Å². The SMILES string of the molecule is CC(C)CN1BNBNB1. The zero-order valence-corrected chi connectivity index (χ0v) is 6.85. The van der Waals surface area contributed by atoms with Crippen molar-refractivity contribution >= 4 is 22.6 Å². The lowest BCUT2D eigenvalue weighted by Crippen LogP contribution is -2.58. The van der Waals surface area contributed by atoms with Crippen LogP contribution in [0.3, 0.4) is 0 Å². The van der Waals surface area contributed by atoms with Crippen molar-refractivity contribution in [3.63, 3.8) is 0 Å². The number of nitrogens with one attached hydrogen (secondary N) is 2. The maximum Gasteiger partial charge on any atom is 0.267 e. The van der Waals surface area contributed by atoms with E-state index in [2.05, 4.69) is 28.8 Å². The van der Waals surface area contributed by atoms with E-state index >= 15 is 0 Å². The maximum absolute atomic E-state index is 3.26. The molecule has 3 nitrogen and oxygen atoms in total. The van der Waals surface area contributed by atoms with Crippen molar-refractivity contribution in [3.05, 3.63) is 0 Å². The fourth-order valence-corrected chi connectivity index (χ4v) is 1.22. The minimum atomic E-state index is 0.765. The van der Waals surface area contributed by atoms with Crippen LogP contribution in [0.15, 0.2) is 0 Å². The van der Waals surface area contributed by atoms with E-state index in [9.17, 15) is 0 Å². The predicted molar refractivity (Wildman–Crippen MR) is 49.3 cm³/mol. The molecule has 1 aliphatic rings. The van der Waals surface area contributed by atoms with E-state index in [0.29, 0.717) is 0 Å². The fourth-order valence-electron chi connectivity index (χ4n) is 1.22. The number of hydrogen-bond acceptors (Lipinski definition) is 3. The van der Waals surface area contributed by atoms with Crippen LogP contribution in [0.4, 0.5) is 0 Å². The molecule has 2 N–H and O–H groups in total. The van der Waals surface area contributed by atoms with Crippen molar-refractivity contribution in [2.24, 2.45) is 5.92 Å². The summed E-state index contributed by atoms with van der Waals surface area (Å²) < 4.78 is 2.37. The van der Waals surface area contributed by atoms with Gasteiger partial charge in [0.2, 0.25) is 0 Å². The summed E-state index contributed by atoms with van der Waals surface area (Å²) >= 11 is 0. The van der Waals surface area contributed by atoms with E-state index in [-0.39, 0.29) is 0 Å². The lowest BCUT2D eigenvalue weighted by molar-refractivity contribution is 0.516. The second kappa shape index (κ2) is 4.06. The first-order chi connectivity index (χ1) is 4.79. The van der Waals surface area contributed by atoms with Crippen LogP contribution in [0.25, 0.3) is 0 Å². The van der Waals surface area contributed by atoms with Gasteiger partial charge in [0, 0.05) is 0 Å². The summed E-state index contributed by atoms with van der Waals surface area (Å²) in [5.74, 6) is 0.765. The molecule has 1 aliphatic heterocycles. The Morgan fingerprint density at radius 2 is 1.90 bits per heavy atom. The zero-order chi connectivity index (χ0) is 7.40. The summed E-state index contributed by atoms with van der Waals surface area (Å²) in [5, 5.41) is 6.51. The minimum absolute atomic E-state index is 0.765. The van der Waals surface area contributed by atoms with Crippen LogP contribution < -0.4 is 10.3 Å². The molecule has 0 aromatic rings. The average Bonchev–Trinajstić information content (AvgIpc) is 1.88. The zero-order valence-electron chi connectivity index (χ0n) is 6.85. The topological polar surface area (TPSA) is 27.3 Å². The molecule has 0 spiro atoms. The number of nitrogens with zero attached hydrogens (tertiary/aromatic N) is 1. The molecular formula is C4H14B3N3. The van der Waals surface area contributed by atoms with Crippen molar-refractivity contribution in [1.29, 1.82) is 0 Å². The molecule has 1 fully saturated rings. The number of hydrogen-bond donors (Lipinski definition) is 2. The van der Waals surface area contributed by atoms with Gasteiger partial charge in [0.15, 0.2) is 0 Å². The fraction of sp³-hybridized carbons (Fsp3) is 1.00. The largest absolute Gasteiger partial charge is 0.377 e. The van der Waals surface area contributed by atoms with Crippen molar-refractivity contribution in [1.82, 2.24) is 15.0 Å². The Bertz CT molecular complexity index is 93.7. The average molecular weight is 137 g/mol. The van der Waals surface area contributed by atoms with Crippen LogP contribution in [0.5, 0.6) is 0 Å². The third kappa shape index (κ3) is 2.77. The van der Waals surface area contributed by atoms with Crippen LogP contribution in [0.2, 0.25) is 0 Å². The summed E-state index contributed by atoms with van der Waals surface area (Å²) in [6.45, 7) is 5.67. The Hall–Kier alpha value is 0.0748. The molecule has 0 saturated carbocycles. The van der Waals surface area contributed by atoms with Gasteiger partial charge in [0.1, 0.15) is 0 Å². The van der Waals surface area contributed by atoms with E-state index in [1.165, 1.54) is 6.54 Å². The van der Waals surface area contributed by atoms with E-state index in [1.807, 2.05) is 0 Å². The van der Waals surface area contributed by atoms with Gasteiger partial charge in [-0.2, -0.15) is 0 Å². The van der Waals surface area contributed by atoms with Gasteiger partial charge in [-0.25, -0.2) is 0 Å². The van der Waals surface area contributed by atoms with Gasteiger partial charge < -0.3 is 15.0 Å². The maximum atomic E-state index is 3.26. The Morgan fingerprint density at radius 3 is 2.40 bits per heavy atom. The minimum Gasteiger partial charge on any atom is -0.377 e. The van der Waals surface area contributed by atoms with Crippen molar-refractivity contribution < 1.29 is 0 Å². The monoisotopic (exact) mass is 137 g/mol. The molecule has 54 valence electrons. The molecule has 0 aromatic carbocycles. The van der Waals surface area contributed by atoms with Crippen LogP contribution in [0, 0.1) is 5.92 Å². The third-order valence-corrected chi connectivity index (χ3v) is 1.54. The van der Waals surface area contributed by atoms with E-state index in [4.69, 9.17) is 0 Å². The first kappa shape index (κ1) is 8.17. The summed E-state index contributed by atoms with van der Waals surface area (Å²) in [7, 11) is 3.02. The lowest BCUT2D eigenvalue weighted by Gasteiger charge is -2.26. The third-order valence-electron chi connectivity index (χ3n) is 1.54. The highest BCUT2D eigenvalue weighted by molar-refractivity contribution is 6.65. The van der Waals surface area contributed by atoms with Crippen molar-refractivity contribution in [2.75, 3.05) is 6.54 Å². The van der Waals surface area contributed by atoms with Gasteiger partial charge in [0.25, 0.3) is 22.6 Å². The van der Waals surface area contributed by atoms with Gasteiger partial charge in [-0.05, 0) is 12.5 Å². The Kier molecular flexibility index (Phi) is 3.32. The molecule has 0 atom stereocenters. The highest BCUT2D eigenvalue weighted by Gasteiger charge is 2.13. The van der Waals surface area contributed by atoms with Crippen LogP contribution >= 0.6 is 0 Å². The molecule has 0 radical (unpaired) electrons. The Labute approximate surface area is 64.8 Å². The van der Waals surface area contributed by atoms with E-state index in [0.717, 1.165) is 28.6 Å². The molecular weight excluding hydrogens is 123 g/mol. The first-order valence-corrected chi connectivity index (χ1v) is 3.93. The van der Waals surface area contributed by atoms with Crippen molar-refractivity contribution in [3.8, 4) is 0 Å². The highest BCUT2D eigenvalue weighted by atomic mass is 15.1. The highest BCUT2D eigenvalue weighted by Crippen LogP contribution is 1.94. The lowest BCUT2D eigenvalue weighted by atomic mass is 9.80. The Morgan fingerprint density at radius 1 is 1.30 bits per heavy atom. The summed E-state index contributed by atoms with van der Waals surface area (Å²) in [4.78, 5) is 0. The second-order valence-electron chi connectivity index (χ2n) is 3.24. The molecule has 1 heterocycles. The van der Waals surface area contributed by atoms with Crippen LogP contribution in [-0.4, -0.2) is 33.9 Å². The Balaban J connectivity index is 2.13. The smallest absolute Gasteiger partial charge is 0.267 e. The summed E-state index contributed by atoms with van der Waals surface area (Å²) in [6.07, 6.45) is 0. The first-order valence-electron chi connectivity index (χ1n) is 3.93. The quantitative estimate of drug-likeness (QED) is 0.428. The van der Waals surface area contributed by atoms with Gasteiger partial charge in [-0.15, -0.1) is 0 Å². The molecule has 6 heteroatoms. The molecule has 1 rings (SSSR count). The normalized spacial score (nSPS) is 19.5. The van der Waals surface area contributed by atoms with Crippen molar-refractivity contribution in [2.45, 2.75) is 13.8 Å². The standard InChI is InChI=1S/C4H14B3N3/c1-4(2)3-10-6-8-5-9-7-10/h4-9H,3H2,1-2H3. The number of rotatable bonds is 2. The molecule has 0 bridgehead atoms. The molecule has 1 saturated heterocycles.